The number of carbonyl (C=O) groups is 1. The van der Waals surface area contributed by atoms with E-state index in [2.05, 4.69) is 24.0 Å². The number of hydrogen-bond acceptors (Lipinski definition) is 3. The van der Waals surface area contributed by atoms with E-state index in [0.29, 0.717) is 12.3 Å². The summed E-state index contributed by atoms with van der Waals surface area (Å²) in [5.41, 5.74) is 0.222. The number of hydrogen-bond donors (Lipinski definition) is 0. The minimum Gasteiger partial charge on any atom is -0.297 e. The zero-order chi connectivity index (χ0) is 18.6. The van der Waals surface area contributed by atoms with E-state index < -0.39 is 0 Å². The normalized spacial score (nSPS) is 46.4. The van der Waals surface area contributed by atoms with Crippen LogP contribution < -0.4 is 0 Å². The Labute approximate surface area is 163 Å². The molecule has 0 radical (unpaired) electrons. The second kappa shape index (κ2) is 6.70. The second-order valence-corrected chi connectivity index (χ2v) is 10.6. The highest BCUT2D eigenvalue weighted by molar-refractivity contribution is 5.81. The average molecular weight is 370 g/mol. The number of carbonyl (C=O) groups excluding carboxylic acids is 1. The summed E-state index contributed by atoms with van der Waals surface area (Å²) in [4.78, 5) is 14.7. The van der Waals surface area contributed by atoms with Crippen LogP contribution in [0.5, 0.6) is 0 Å². The maximum atomic E-state index is 13.1. The van der Waals surface area contributed by atoms with Gasteiger partial charge in [-0.1, -0.05) is 20.3 Å². The van der Waals surface area contributed by atoms with Crippen molar-refractivity contribution in [2.75, 3.05) is 0 Å². The van der Waals surface area contributed by atoms with Crippen molar-refractivity contribution in [2.24, 2.45) is 46.8 Å². The summed E-state index contributed by atoms with van der Waals surface area (Å²) < 4.78 is 0. The highest BCUT2D eigenvalue weighted by Gasteiger charge is 2.58. The summed E-state index contributed by atoms with van der Waals surface area (Å²) in [5, 5.41) is 8.31. The topological polar surface area (TPSA) is 47.8 Å². The van der Waals surface area contributed by atoms with Gasteiger partial charge in [0.2, 0.25) is 0 Å². The van der Waals surface area contributed by atoms with Gasteiger partial charge in [0, 0.05) is 5.92 Å². The summed E-state index contributed by atoms with van der Waals surface area (Å²) in [5.74, 6) is 6.15. The molecular formula is C23H35N3O. The third kappa shape index (κ3) is 2.89. The molecule has 0 aromatic carbocycles. The Morgan fingerprint density at radius 3 is 2.59 bits per heavy atom. The summed E-state index contributed by atoms with van der Waals surface area (Å²) in [6.07, 6.45) is 15.6. The Kier molecular flexibility index (Phi) is 4.44. The molecule has 0 spiro atoms. The molecule has 1 aromatic rings. The van der Waals surface area contributed by atoms with E-state index in [1.807, 2.05) is 0 Å². The first-order valence-corrected chi connectivity index (χ1v) is 11.4. The summed E-state index contributed by atoms with van der Waals surface area (Å²) in [7, 11) is 0. The fourth-order valence-electron chi connectivity index (χ4n) is 8.19. The number of nitrogens with zero attached hydrogens (tertiary/aromatic N) is 3. The molecule has 1 aromatic heterocycles. The van der Waals surface area contributed by atoms with Crippen LogP contribution >= 0.6 is 0 Å². The average Bonchev–Trinajstić information content (AvgIpc) is 3.28. The van der Waals surface area contributed by atoms with Gasteiger partial charge in [-0.05, 0) is 92.3 Å². The van der Waals surface area contributed by atoms with E-state index in [9.17, 15) is 4.79 Å². The van der Waals surface area contributed by atoms with Crippen molar-refractivity contribution in [1.82, 2.24) is 15.0 Å². The SMILES string of the molecule is CC1CCC2C(CC[C@@H]3C2CCC2(C)C3CC[C@@H]2C(=O)Cn2nccn2)C1. The van der Waals surface area contributed by atoms with Crippen molar-refractivity contribution < 1.29 is 4.79 Å². The molecule has 0 bridgehead atoms. The first-order valence-electron chi connectivity index (χ1n) is 11.4. The van der Waals surface area contributed by atoms with Crippen molar-refractivity contribution in [2.45, 2.75) is 78.2 Å². The first-order chi connectivity index (χ1) is 13.1. The van der Waals surface area contributed by atoms with E-state index in [1.54, 1.807) is 17.2 Å². The molecule has 0 amide bonds. The first kappa shape index (κ1) is 17.9. The minimum absolute atomic E-state index is 0.221. The molecule has 0 aliphatic heterocycles. The smallest absolute Gasteiger partial charge is 0.159 e. The zero-order valence-corrected chi connectivity index (χ0v) is 17.0. The number of Topliss-reactive ketones (excluding diaryl/α,β-unsaturated/α-hetero) is 1. The van der Waals surface area contributed by atoms with Crippen molar-refractivity contribution in [3.63, 3.8) is 0 Å². The molecule has 27 heavy (non-hydrogen) atoms. The lowest BCUT2D eigenvalue weighted by Crippen LogP contribution is -2.49. The van der Waals surface area contributed by atoms with Crippen molar-refractivity contribution >= 4 is 5.78 Å². The van der Waals surface area contributed by atoms with Crippen LogP contribution in [0.4, 0.5) is 0 Å². The molecule has 4 nitrogen and oxygen atoms in total. The fraction of sp³-hybridized carbons (Fsp3) is 0.870. The van der Waals surface area contributed by atoms with Crippen LogP contribution in [0.1, 0.15) is 71.6 Å². The number of ketones is 1. The number of aromatic nitrogens is 3. The Morgan fingerprint density at radius 1 is 1.00 bits per heavy atom. The van der Waals surface area contributed by atoms with Gasteiger partial charge in [-0.25, -0.2) is 0 Å². The largest absolute Gasteiger partial charge is 0.297 e. The molecule has 4 aliphatic rings. The Bertz CT molecular complexity index is 686. The third-order valence-corrected chi connectivity index (χ3v) is 9.37. The van der Waals surface area contributed by atoms with E-state index in [1.165, 1.54) is 51.4 Å². The van der Waals surface area contributed by atoms with Gasteiger partial charge in [-0.2, -0.15) is 15.0 Å². The van der Waals surface area contributed by atoms with Gasteiger partial charge in [0.25, 0.3) is 0 Å². The van der Waals surface area contributed by atoms with Gasteiger partial charge < -0.3 is 0 Å². The van der Waals surface area contributed by atoms with E-state index in [0.717, 1.165) is 41.9 Å². The van der Waals surface area contributed by atoms with Crippen LogP contribution in [-0.4, -0.2) is 20.8 Å². The predicted molar refractivity (Wildman–Crippen MR) is 105 cm³/mol. The molecule has 4 heteroatoms. The molecule has 8 atom stereocenters. The maximum Gasteiger partial charge on any atom is 0.159 e. The molecule has 0 saturated heterocycles. The third-order valence-electron chi connectivity index (χ3n) is 9.37. The molecular weight excluding hydrogens is 334 g/mol. The second-order valence-electron chi connectivity index (χ2n) is 10.6. The lowest BCUT2D eigenvalue weighted by atomic mass is 9.49. The molecule has 4 aliphatic carbocycles. The molecule has 6 unspecified atom stereocenters. The lowest BCUT2D eigenvalue weighted by Gasteiger charge is -2.56. The molecule has 4 saturated carbocycles. The van der Waals surface area contributed by atoms with E-state index >= 15 is 0 Å². The van der Waals surface area contributed by atoms with Crippen molar-refractivity contribution in [1.29, 1.82) is 0 Å². The fourth-order valence-corrected chi connectivity index (χ4v) is 8.19. The highest BCUT2D eigenvalue weighted by Crippen LogP contribution is 2.64. The highest BCUT2D eigenvalue weighted by atomic mass is 16.1. The quantitative estimate of drug-likeness (QED) is 0.772. The minimum atomic E-state index is 0.221. The maximum absolute atomic E-state index is 13.1. The molecule has 4 fully saturated rings. The monoisotopic (exact) mass is 369 g/mol. The Balaban J connectivity index is 1.33. The molecule has 148 valence electrons. The van der Waals surface area contributed by atoms with Crippen LogP contribution in [-0.2, 0) is 11.3 Å². The van der Waals surface area contributed by atoms with Crippen LogP contribution in [0.2, 0.25) is 0 Å². The van der Waals surface area contributed by atoms with Gasteiger partial charge >= 0.3 is 0 Å². The van der Waals surface area contributed by atoms with Gasteiger partial charge in [-0.3, -0.25) is 4.79 Å². The Morgan fingerprint density at radius 2 is 1.78 bits per heavy atom. The number of rotatable bonds is 3. The van der Waals surface area contributed by atoms with Gasteiger partial charge in [0.15, 0.2) is 5.78 Å². The summed E-state index contributed by atoms with van der Waals surface area (Å²) in [6, 6.07) is 0. The van der Waals surface area contributed by atoms with Gasteiger partial charge in [-0.15, -0.1) is 0 Å². The molecule has 5 rings (SSSR count). The van der Waals surface area contributed by atoms with Crippen LogP contribution in [0.25, 0.3) is 0 Å². The van der Waals surface area contributed by atoms with Crippen LogP contribution in [0.3, 0.4) is 0 Å². The van der Waals surface area contributed by atoms with Crippen LogP contribution in [0, 0.1) is 46.8 Å². The standard InChI is InChI=1S/C23H35N3O/c1-15-3-5-17-16(13-15)4-6-19-18(17)9-10-23(2)20(19)7-8-21(23)22(27)14-26-24-11-12-25-26/h11-12,15-21H,3-10,13-14H2,1-2H3/t15?,16?,17?,18?,19-,20?,21-,23?/m1/s1. The summed E-state index contributed by atoms with van der Waals surface area (Å²) in [6.45, 7) is 5.27. The summed E-state index contributed by atoms with van der Waals surface area (Å²) >= 11 is 0. The van der Waals surface area contributed by atoms with Crippen LogP contribution in [0.15, 0.2) is 12.4 Å². The predicted octanol–water partition coefficient (Wildman–Crippen LogP) is 4.75. The number of fused-ring (bicyclic) bond motifs is 5. The lowest BCUT2D eigenvalue weighted by molar-refractivity contribution is -0.131. The zero-order valence-electron chi connectivity index (χ0n) is 17.0. The van der Waals surface area contributed by atoms with Crippen molar-refractivity contribution in [3.8, 4) is 0 Å². The van der Waals surface area contributed by atoms with Gasteiger partial charge in [0.1, 0.15) is 6.54 Å². The molecule has 0 N–H and O–H groups in total. The van der Waals surface area contributed by atoms with Crippen molar-refractivity contribution in [3.05, 3.63) is 12.4 Å². The van der Waals surface area contributed by atoms with Gasteiger partial charge in [0.05, 0.1) is 12.4 Å². The Hall–Kier alpha value is -1.19. The molecule has 1 heterocycles. The van der Waals surface area contributed by atoms with E-state index in [-0.39, 0.29) is 11.3 Å². The van der Waals surface area contributed by atoms with E-state index in [4.69, 9.17) is 0 Å².